The van der Waals surface area contributed by atoms with Crippen molar-refractivity contribution in [2.24, 2.45) is 0 Å². The minimum absolute atomic E-state index is 0.128. The van der Waals surface area contributed by atoms with Crippen molar-refractivity contribution < 1.29 is 4.79 Å². The number of halogens is 1. The number of nitriles is 1. The van der Waals surface area contributed by atoms with Gasteiger partial charge in [0.2, 0.25) is 5.91 Å². The maximum atomic E-state index is 12.3. The normalized spacial score (nSPS) is 16.4. The molecule has 20 heavy (non-hydrogen) atoms. The summed E-state index contributed by atoms with van der Waals surface area (Å²) >= 11 is 3.37. The quantitative estimate of drug-likeness (QED) is 0.923. The summed E-state index contributed by atoms with van der Waals surface area (Å²) in [4.78, 5) is 14.2. The molecular formula is C15H18BrN3O. The molecule has 1 heterocycles. The number of carbonyl (C=O) groups excluding carboxylic acids is 1. The van der Waals surface area contributed by atoms with Gasteiger partial charge >= 0.3 is 0 Å². The number of hydrogen-bond donors (Lipinski definition) is 1. The summed E-state index contributed by atoms with van der Waals surface area (Å²) in [5.74, 6) is 0.128. The van der Waals surface area contributed by atoms with Crippen molar-refractivity contribution in [1.82, 2.24) is 4.90 Å². The van der Waals surface area contributed by atoms with Crippen molar-refractivity contribution >= 4 is 27.5 Å². The van der Waals surface area contributed by atoms with E-state index < -0.39 is 0 Å². The number of likely N-dealkylation sites (tertiary alicyclic amines) is 1. The highest BCUT2D eigenvalue weighted by Crippen LogP contribution is 2.20. The van der Waals surface area contributed by atoms with E-state index in [0.29, 0.717) is 5.56 Å². The van der Waals surface area contributed by atoms with Crippen LogP contribution in [-0.4, -0.2) is 29.9 Å². The molecule has 1 aliphatic rings. The van der Waals surface area contributed by atoms with Crippen molar-refractivity contribution in [3.63, 3.8) is 0 Å². The molecule has 1 atom stereocenters. The summed E-state index contributed by atoms with van der Waals surface area (Å²) in [5.41, 5.74) is 1.35. The van der Waals surface area contributed by atoms with Crippen molar-refractivity contribution in [2.75, 3.05) is 18.4 Å². The van der Waals surface area contributed by atoms with Crippen LogP contribution in [0.15, 0.2) is 22.7 Å². The van der Waals surface area contributed by atoms with Crippen LogP contribution < -0.4 is 5.32 Å². The summed E-state index contributed by atoms with van der Waals surface area (Å²) in [6.45, 7) is 3.57. The van der Waals surface area contributed by atoms with Gasteiger partial charge in [-0.1, -0.05) is 15.9 Å². The average Bonchev–Trinajstić information content (AvgIpc) is 2.46. The molecule has 1 fully saturated rings. The Morgan fingerprint density at radius 2 is 2.05 bits per heavy atom. The second kappa shape index (κ2) is 6.76. The van der Waals surface area contributed by atoms with Gasteiger partial charge < -0.3 is 10.2 Å². The molecule has 0 saturated carbocycles. The highest BCUT2D eigenvalue weighted by atomic mass is 79.9. The van der Waals surface area contributed by atoms with Crippen LogP contribution in [0.1, 0.15) is 31.7 Å². The van der Waals surface area contributed by atoms with Gasteiger partial charge in [0.05, 0.1) is 11.6 Å². The number of nitrogens with one attached hydrogen (secondary N) is 1. The zero-order valence-corrected chi connectivity index (χ0v) is 13.1. The van der Waals surface area contributed by atoms with Crippen molar-refractivity contribution in [3.8, 4) is 6.07 Å². The predicted octanol–water partition coefficient (Wildman–Crippen LogP) is 3.13. The SMILES string of the molecule is CC(Nc1cc(Br)cc(C#N)c1)C(=O)N1CCCCC1. The first kappa shape index (κ1) is 14.9. The smallest absolute Gasteiger partial charge is 0.244 e. The summed E-state index contributed by atoms with van der Waals surface area (Å²) in [5, 5.41) is 12.1. The van der Waals surface area contributed by atoms with Gasteiger partial charge in [-0.2, -0.15) is 5.26 Å². The molecule has 0 aliphatic carbocycles. The van der Waals surface area contributed by atoms with E-state index in [1.165, 1.54) is 6.42 Å². The van der Waals surface area contributed by atoms with Crippen LogP contribution >= 0.6 is 15.9 Å². The number of rotatable bonds is 3. The lowest BCUT2D eigenvalue weighted by atomic mass is 10.1. The molecule has 1 saturated heterocycles. The molecule has 1 unspecified atom stereocenters. The van der Waals surface area contributed by atoms with E-state index in [0.717, 1.165) is 36.1 Å². The van der Waals surface area contributed by atoms with E-state index in [1.807, 2.05) is 17.9 Å². The highest BCUT2D eigenvalue weighted by molar-refractivity contribution is 9.10. The minimum atomic E-state index is -0.283. The summed E-state index contributed by atoms with van der Waals surface area (Å²) in [6, 6.07) is 7.21. The van der Waals surface area contributed by atoms with E-state index in [9.17, 15) is 4.79 Å². The Kier molecular flexibility index (Phi) is 5.02. The standard InChI is InChI=1S/C15H18BrN3O/c1-11(15(20)19-5-3-2-4-6-19)18-14-8-12(10-17)7-13(16)9-14/h7-9,11,18H,2-6H2,1H3. The molecule has 5 heteroatoms. The Labute approximate surface area is 127 Å². The fraction of sp³-hybridized carbons (Fsp3) is 0.467. The number of amides is 1. The zero-order chi connectivity index (χ0) is 14.5. The second-order valence-corrected chi connectivity index (χ2v) is 6.01. The zero-order valence-electron chi connectivity index (χ0n) is 11.5. The van der Waals surface area contributed by atoms with Gasteiger partial charge in [-0.05, 0) is 44.4 Å². The lowest BCUT2D eigenvalue weighted by Gasteiger charge is -2.29. The van der Waals surface area contributed by atoms with E-state index in [2.05, 4.69) is 27.3 Å². The van der Waals surface area contributed by atoms with Crippen LogP contribution in [0.3, 0.4) is 0 Å². The van der Waals surface area contributed by atoms with Gasteiger partial charge in [0, 0.05) is 23.2 Å². The summed E-state index contributed by atoms with van der Waals surface area (Å²) in [6.07, 6.45) is 3.39. The van der Waals surface area contributed by atoms with Gasteiger partial charge in [0.15, 0.2) is 0 Å². The summed E-state index contributed by atoms with van der Waals surface area (Å²) < 4.78 is 0.830. The average molecular weight is 336 g/mol. The molecule has 1 aliphatic heterocycles. The molecule has 0 aromatic heterocycles. The summed E-state index contributed by atoms with van der Waals surface area (Å²) in [7, 11) is 0. The molecule has 0 bridgehead atoms. The van der Waals surface area contributed by atoms with Crippen LogP contribution in [0.25, 0.3) is 0 Å². The molecule has 1 amide bonds. The maximum Gasteiger partial charge on any atom is 0.244 e. The molecule has 0 radical (unpaired) electrons. The molecule has 4 nitrogen and oxygen atoms in total. The lowest BCUT2D eigenvalue weighted by Crippen LogP contribution is -2.43. The third-order valence-corrected chi connectivity index (χ3v) is 3.91. The second-order valence-electron chi connectivity index (χ2n) is 5.09. The number of benzene rings is 1. The third-order valence-electron chi connectivity index (χ3n) is 3.45. The van der Waals surface area contributed by atoms with Gasteiger partial charge in [-0.3, -0.25) is 4.79 Å². The van der Waals surface area contributed by atoms with E-state index in [-0.39, 0.29) is 11.9 Å². The Balaban J connectivity index is 2.03. The van der Waals surface area contributed by atoms with E-state index in [4.69, 9.17) is 5.26 Å². The first-order valence-electron chi connectivity index (χ1n) is 6.86. The number of anilines is 1. The van der Waals surface area contributed by atoms with Crippen LogP contribution in [0.4, 0.5) is 5.69 Å². The van der Waals surface area contributed by atoms with Crippen LogP contribution in [0.5, 0.6) is 0 Å². The van der Waals surface area contributed by atoms with Gasteiger partial charge in [-0.15, -0.1) is 0 Å². The Morgan fingerprint density at radius 3 is 2.70 bits per heavy atom. The van der Waals surface area contributed by atoms with Crippen molar-refractivity contribution in [3.05, 3.63) is 28.2 Å². The van der Waals surface area contributed by atoms with Crippen LogP contribution in [0.2, 0.25) is 0 Å². The third kappa shape index (κ3) is 3.73. The first-order valence-corrected chi connectivity index (χ1v) is 7.65. The van der Waals surface area contributed by atoms with Gasteiger partial charge in [0.1, 0.15) is 6.04 Å². The molecule has 1 N–H and O–H groups in total. The Hall–Kier alpha value is -1.54. The predicted molar refractivity (Wildman–Crippen MR) is 82.4 cm³/mol. The first-order chi connectivity index (χ1) is 9.60. The Morgan fingerprint density at radius 1 is 1.35 bits per heavy atom. The van der Waals surface area contributed by atoms with Crippen LogP contribution in [0, 0.1) is 11.3 Å². The van der Waals surface area contributed by atoms with Gasteiger partial charge in [0.25, 0.3) is 0 Å². The minimum Gasteiger partial charge on any atom is -0.374 e. The number of nitrogens with zero attached hydrogens (tertiary/aromatic N) is 2. The topological polar surface area (TPSA) is 56.1 Å². The van der Waals surface area contributed by atoms with Crippen LogP contribution in [-0.2, 0) is 4.79 Å². The molecule has 0 spiro atoms. The van der Waals surface area contributed by atoms with E-state index in [1.54, 1.807) is 12.1 Å². The largest absolute Gasteiger partial charge is 0.374 e. The fourth-order valence-corrected chi connectivity index (χ4v) is 2.93. The highest BCUT2D eigenvalue weighted by Gasteiger charge is 2.22. The van der Waals surface area contributed by atoms with Gasteiger partial charge in [-0.25, -0.2) is 0 Å². The molecule has 1 aromatic carbocycles. The van der Waals surface area contributed by atoms with Crippen molar-refractivity contribution in [1.29, 1.82) is 5.26 Å². The monoisotopic (exact) mass is 335 g/mol. The van der Waals surface area contributed by atoms with E-state index >= 15 is 0 Å². The molecule has 106 valence electrons. The Bertz CT molecular complexity index is 532. The molecule has 1 aromatic rings. The molecular weight excluding hydrogens is 318 g/mol. The molecule has 2 rings (SSSR count). The number of hydrogen-bond acceptors (Lipinski definition) is 3. The lowest BCUT2D eigenvalue weighted by molar-refractivity contribution is -0.132. The number of carbonyl (C=O) groups is 1. The van der Waals surface area contributed by atoms with Crippen molar-refractivity contribution in [2.45, 2.75) is 32.2 Å². The number of piperidine rings is 1. The maximum absolute atomic E-state index is 12.3. The fourth-order valence-electron chi connectivity index (χ4n) is 2.44.